The van der Waals surface area contributed by atoms with Crippen molar-refractivity contribution in [3.63, 3.8) is 0 Å². The molecule has 1 heterocycles. The van der Waals surface area contributed by atoms with Gasteiger partial charge in [-0.1, -0.05) is 12.1 Å². The van der Waals surface area contributed by atoms with Crippen molar-refractivity contribution in [1.29, 1.82) is 0 Å². The predicted octanol–water partition coefficient (Wildman–Crippen LogP) is 2.70. The SMILES string of the molecule is Cc1cc(OC(C)C(=O)O)c2cccc(C)c2n1. The van der Waals surface area contributed by atoms with E-state index in [1.54, 1.807) is 6.07 Å². The molecular weight excluding hydrogens is 230 g/mol. The molecule has 4 heteroatoms. The molecule has 2 rings (SSSR count). The Bertz CT molecular complexity index is 607. The van der Waals surface area contributed by atoms with Crippen molar-refractivity contribution in [3.05, 3.63) is 35.5 Å². The minimum absolute atomic E-state index is 0.566. The number of carbonyl (C=O) groups is 1. The maximum atomic E-state index is 10.9. The number of benzene rings is 1. The summed E-state index contributed by atoms with van der Waals surface area (Å²) >= 11 is 0. The standard InChI is InChI=1S/C14H15NO3/c1-8-5-4-6-11-12(18-10(3)14(16)17)7-9(2)15-13(8)11/h4-7,10H,1-3H3,(H,16,17). The summed E-state index contributed by atoms with van der Waals surface area (Å²) in [7, 11) is 0. The second kappa shape index (κ2) is 4.64. The summed E-state index contributed by atoms with van der Waals surface area (Å²) in [6.07, 6.45) is -0.879. The van der Waals surface area contributed by atoms with Crippen LogP contribution in [-0.2, 0) is 4.79 Å². The van der Waals surface area contributed by atoms with Crippen LogP contribution in [0.15, 0.2) is 24.3 Å². The number of hydrogen-bond acceptors (Lipinski definition) is 3. The van der Waals surface area contributed by atoms with Crippen molar-refractivity contribution in [1.82, 2.24) is 4.98 Å². The van der Waals surface area contributed by atoms with E-state index < -0.39 is 12.1 Å². The van der Waals surface area contributed by atoms with Gasteiger partial charge >= 0.3 is 5.97 Å². The molecular formula is C14H15NO3. The molecule has 1 atom stereocenters. The van der Waals surface area contributed by atoms with E-state index in [1.165, 1.54) is 6.92 Å². The van der Waals surface area contributed by atoms with E-state index in [0.29, 0.717) is 5.75 Å². The van der Waals surface area contributed by atoms with Crippen molar-refractivity contribution < 1.29 is 14.6 Å². The number of rotatable bonds is 3. The van der Waals surface area contributed by atoms with E-state index in [0.717, 1.165) is 22.2 Å². The highest BCUT2D eigenvalue weighted by Crippen LogP contribution is 2.28. The number of aryl methyl sites for hydroxylation is 2. The van der Waals surface area contributed by atoms with E-state index in [-0.39, 0.29) is 0 Å². The largest absolute Gasteiger partial charge is 0.479 e. The number of pyridine rings is 1. The Hall–Kier alpha value is -2.10. The summed E-state index contributed by atoms with van der Waals surface area (Å²) in [5, 5.41) is 9.74. The van der Waals surface area contributed by atoms with Gasteiger partial charge in [0.25, 0.3) is 0 Å². The summed E-state index contributed by atoms with van der Waals surface area (Å²) in [5.41, 5.74) is 2.71. The molecule has 0 fully saturated rings. The molecule has 0 amide bonds. The lowest BCUT2D eigenvalue weighted by atomic mass is 10.1. The fraction of sp³-hybridized carbons (Fsp3) is 0.286. The van der Waals surface area contributed by atoms with Gasteiger partial charge in [0.2, 0.25) is 0 Å². The number of hydrogen-bond donors (Lipinski definition) is 1. The topological polar surface area (TPSA) is 59.4 Å². The molecule has 94 valence electrons. The highest BCUT2D eigenvalue weighted by atomic mass is 16.5. The smallest absolute Gasteiger partial charge is 0.344 e. The summed E-state index contributed by atoms with van der Waals surface area (Å²) in [6, 6.07) is 7.53. The van der Waals surface area contributed by atoms with E-state index in [4.69, 9.17) is 9.84 Å². The first kappa shape index (κ1) is 12.4. The lowest BCUT2D eigenvalue weighted by molar-refractivity contribution is -0.144. The number of carboxylic acid groups (broad SMARTS) is 1. The predicted molar refractivity (Wildman–Crippen MR) is 68.9 cm³/mol. The molecule has 1 aromatic carbocycles. The van der Waals surface area contributed by atoms with Crippen LogP contribution in [-0.4, -0.2) is 22.2 Å². The van der Waals surface area contributed by atoms with Crippen LogP contribution in [0.4, 0.5) is 0 Å². The Morgan fingerprint density at radius 3 is 2.78 bits per heavy atom. The zero-order valence-electron chi connectivity index (χ0n) is 10.6. The number of nitrogens with zero attached hydrogens (tertiary/aromatic N) is 1. The highest BCUT2D eigenvalue weighted by molar-refractivity contribution is 5.88. The third-order valence-corrected chi connectivity index (χ3v) is 2.78. The third-order valence-electron chi connectivity index (χ3n) is 2.78. The Morgan fingerprint density at radius 2 is 2.11 bits per heavy atom. The van der Waals surface area contributed by atoms with Gasteiger partial charge < -0.3 is 9.84 Å². The Morgan fingerprint density at radius 1 is 1.39 bits per heavy atom. The van der Waals surface area contributed by atoms with Crippen molar-refractivity contribution in [2.75, 3.05) is 0 Å². The minimum atomic E-state index is -0.981. The van der Waals surface area contributed by atoms with Crippen molar-refractivity contribution in [2.45, 2.75) is 26.9 Å². The number of carboxylic acids is 1. The van der Waals surface area contributed by atoms with E-state index in [9.17, 15) is 4.79 Å². The van der Waals surface area contributed by atoms with Crippen LogP contribution in [0.3, 0.4) is 0 Å². The second-order valence-corrected chi connectivity index (χ2v) is 4.33. The maximum absolute atomic E-state index is 10.9. The van der Waals surface area contributed by atoms with E-state index in [2.05, 4.69) is 4.98 Å². The number of ether oxygens (including phenoxy) is 1. The normalized spacial score (nSPS) is 12.4. The van der Waals surface area contributed by atoms with Crippen LogP contribution >= 0.6 is 0 Å². The molecule has 18 heavy (non-hydrogen) atoms. The fourth-order valence-electron chi connectivity index (χ4n) is 1.82. The molecule has 1 N–H and O–H groups in total. The molecule has 0 aliphatic heterocycles. The lowest BCUT2D eigenvalue weighted by Gasteiger charge is -2.14. The van der Waals surface area contributed by atoms with Crippen LogP contribution in [0.5, 0.6) is 5.75 Å². The van der Waals surface area contributed by atoms with Gasteiger partial charge in [-0.05, 0) is 32.4 Å². The Balaban J connectivity index is 2.56. The monoisotopic (exact) mass is 245 g/mol. The highest BCUT2D eigenvalue weighted by Gasteiger charge is 2.15. The fourth-order valence-corrected chi connectivity index (χ4v) is 1.82. The maximum Gasteiger partial charge on any atom is 0.344 e. The number of fused-ring (bicyclic) bond motifs is 1. The van der Waals surface area contributed by atoms with Crippen LogP contribution in [0.25, 0.3) is 10.9 Å². The molecule has 0 saturated heterocycles. The van der Waals surface area contributed by atoms with Crippen LogP contribution < -0.4 is 4.74 Å². The van der Waals surface area contributed by atoms with Crippen LogP contribution in [0.1, 0.15) is 18.2 Å². The zero-order valence-corrected chi connectivity index (χ0v) is 10.6. The van der Waals surface area contributed by atoms with E-state index in [1.807, 2.05) is 32.0 Å². The lowest BCUT2D eigenvalue weighted by Crippen LogP contribution is -2.23. The average Bonchev–Trinajstić information content (AvgIpc) is 2.30. The first-order chi connectivity index (χ1) is 8.49. The molecule has 2 aromatic rings. The molecule has 0 spiro atoms. The molecule has 1 aromatic heterocycles. The molecule has 1 unspecified atom stereocenters. The molecule has 0 saturated carbocycles. The summed E-state index contributed by atoms with van der Waals surface area (Å²) < 4.78 is 5.49. The quantitative estimate of drug-likeness (QED) is 0.903. The average molecular weight is 245 g/mol. The first-order valence-corrected chi connectivity index (χ1v) is 5.75. The van der Waals surface area contributed by atoms with Crippen molar-refractivity contribution in [3.8, 4) is 5.75 Å². The second-order valence-electron chi connectivity index (χ2n) is 4.33. The van der Waals surface area contributed by atoms with Gasteiger partial charge in [-0.15, -0.1) is 0 Å². The first-order valence-electron chi connectivity index (χ1n) is 5.75. The minimum Gasteiger partial charge on any atom is -0.479 e. The number of aromatic nitrogens is 1. The molecule has 0 aliphatic rings. The summed E-state index contributed by atoms with van der Waals surface area (Å²) in [4.78, 5) is 15.3. The van der Waals surface area contributed by atoms with Crippen LogP contribution in [0, 0.1) is 13.8 Å². The molecule has 0 radical (unpaired) electrons. The molecule has 4 nitrogen and oxygen atoms in total. The zero-order chi connectivity index (χ0) is 13.3. The van der Waals surface area contributed by atoms with E-state index >= 15 is 0 Å². The third kappa shape index (κ3) is 2.27. The van der Waals surface area contributed by atoms with Crippen molar-refractivity contribution >= 4 is 16.9 Å². The summed E-state index contributed by atoms with van der Waals surface area (Å²) in [5.74, 6) is -0.415. The Kier molecular flexibility index (Phi) is 3.19. The number of para-hydroxylation sites is 1. The van der Waals surface area contributed by atoms with Gasteiger partial charge in [-0.25, -0.2) is 4.79 Å². The number of aliphatic carboxylic acids is 1. The van der Waals surface area contributed by atoms with Gasteiger partial charge in [-0.2, -0.15) is 0 Å². The summed E-state index contributed by atoms with van der Waals surface area (Å²) in [6.45, 7) is 5.35. The van der Waals surface area contributed by atoms with Crippen LogP contribution in [0.2, 0.25) is 0 Å². The van der Waals surface area contributed by atoms with Gasteiger partial charge in [0, 0.05) is 17.1 Å². The van der Waals surface area contributed by atoms with Gasteiger partial charge in [0.1, 0.15) is 5.75 Å². The van der Waals surface area contributed by atoms with Gasteiger partial charge in [0.05, 0.1) is 5.52 Å². The molecule has 0 bridgehead atoms. The Labute approximate surface area is 105 Å². The van der Waals surface area contributed by atoms with Gasteiger partial charge in [-0.3, -0.25) is 4.98 Å². The van der Waals surface area contributed by atoms with Crippen molar-refractivity contribution in [2.24, 2.45) is 0 Å². The molecule has 0 aliphatic carbocycles. The van der Waals surface area contributed by atoms with Gasteiger partial charge in [0.15, 0.2) is 6.10 Å².